The maximum atomic E-state index is 5.69. The molecule has 0 aliphatic heterocycles. The van der Waals surface area contributed by atoms with Crippen molar-refractivity contribution in [3.05, 3.63) is 35.6 Å². The summed E-state index contributed by atoms with van der Waals surface area (Å²) in [7, 11) is 0. The van der Waals surface area contributed by atoms with Gasteiger partial charge < -0.3 is 14.5 Å². The fraction of sp³-hybridized carbons (Fsp3) is 0.125. The van der Waals surface area contributed by atoms with Crippen LogP contribution in [0.15, 0.2) is 18.6 Å². The summed E-state index contributed by atoms with van der Waals surface area (Å²) >= 11 is 5.69. The van der Waals surface area contributed by atoms with Crippen LogP contribution in [-0.4, -0.2) is 19.5 Å². The Morgan fingerprint density at radius 1 is 1.50 bits per heavy atom. The number of aryl methyl sites for hydroxylation is 1. The zero-order valence-electron chi connectivity index (χ0n) is 7.35. The Labute approximate surface area is 98.2 Å². The van der Waals surface area contributed by atoms with Crippen molar-refractivity contribution >= 4 is 11.6 Å². The van der Waals surface area contributed by atoms with Gasteiger partial charge in [0.2, 0.25) is 0 Å². The molecule has 0 fully saturated rings. The number of hydrogen-bond donors (Lipinski definition) is 0. The summed E-state index contributed by atoms with van der Waals surface area (Å²) in [5.74, 6) is 0.480. The van der Waals surface area contributed by atoms with Gasteiger partial charge >= 0.3 is 18.6 Å². The quantitative estimate of drug-likeness (QED) is 0.563. The maximum Gasteiger partial charge on any atom is 2.00 e. The van der Waals surface area contributed by atoms with Gasteiger partial charge in [0, 0.05) is 11.3 Å². The Morgan fingerprint density at radius 2 is 2.29 bits per heavy atom. The number of nitrogens with zero attached hydrogens (tertiary/aromatic N) is 4. The van der Waals surface area contributed by atoms with E-state index >= 15 is 0 Å². The van der Waals surface area contributed by atoms with Gasteiger partial charge in [0.05, 0.1) is 12.0 Å². The van der Waals surface area contributed by atoms with Crippen molar-refractivity contribution in [3.63, 3.8) is 0 Å². The molecule has 0 saturated heterocycles. The molecule has 0 amide bonds. The summed E-state index contributed by atoms with van der Waals surface area (Å²) in [6.07, 6.45) is 6.10. The third kappa shape index (κ3) is 2.35. The third-order valence-corrected chi connectivity index (χ3v) is 1.69. The minimum atomic E-state index is 0. The van der Waals surface area contributed by atoms with E-state index in [1.165, 1.54) is 6.07 Å². The Hall–Kier alpha value is -0.836. The summed E-state index contributed by atoms with van der Waals surface area (Å²) in [4.78, 5) is 12.0. The molecular formula is C8H6ClN4V+. The number of rotatable bonds is 1. The van der Waals surface area contributed by atoms with Crippen molar-refractivity contribution in [2.24, 2.45) is 0 Å². The zero-order chi connectivity index (χ0) is 9.26. The first-order chi connectivity index (χ1) is 6.25. The summed E-state index contributed by atoms with van der Waals surface area (Å²) in [5.41, 5.74) is 0.906. The zero-order valence-corrected chi connectivity index (χ0v) is 9.50. The normalized spacial score (nSPS) is 9.57. The van der Waals surface area contributed by atoms with E-state index in [1.54, 1.807) is 10.9 Å². The molecule has 0 bridgehead atoms. The Morgan fingerprint density at radius 3 is 2.86 bits per heavy atom. The largest absolute Gasteiger partial charge is 2.00 e. The number of hydrogen-bond acceptors (Lipinski definition) is 3. The van der Waals surface area contributed by atoms with Crippen LogP contribution in [0.2, 0.25) is 5.15 Å². The van der Waals surface area contributed by atoms with Crippen molar-refractivity contribution in [3.8, 4) is 5.95 Å². The van der Waals surface area contributed by atoms with Gasteiger partial charge in [-0.25, -0.2) is 4.98 Å². The van der Waals surface area contributed by atoms with E-state index in [4.69, 9.17) is 11.6 Å². The molecule has 2 aromatic heterocycles. The van der Waals surface area contributed by atoms with Gasteiger partial charge in [-0.1, -0.05) is 6.20 Å². The molecule has 2 heterocycles. The van der Waals surface area contributed by atoms with Crippen LogP contribution < -0.4 is 0 Å². The van der Waals surface area contributed by atoms with E-state index < -0.39 is 0 Å². The molecule has 0 N–H and O–H groups in total. The molecule has 2 rings (SSSR count). The van der Waals surface area contributed by atoms with Crippen molar-refractivity contribution in [1.82, 2.24) is 19.5 Å². The fourth-order valence-corrected chi connectivity index (χ4v) is 1.07. The van der Waals surface area contributed by atoms with Crippen LogP contribution in [0.3, 0.4) is 0 Å². The molecular weight excluding hydrogens is 239 g/mol. The van der Waals surface area contributed by atoms with Crippen molar-refractivity contribution in [1.29, 1.82) is 0 Å². The summed E-state index contributed by atoms with van der Waals surface area (Å²) in [6, 6.07) is 1.51. The van der Waals surface area contributed by atoms with Gasteiger partial charge in [0.15, 0.2) is 0 Å². The smallest absolute Gasteiger partial charge is 0.354 e. The van der Waals surface area contributed by atoms with E-state index in [0.717, 1.165) is 5.69 Å². The van der Waals surface area contributed by atoms with Gasteiger partial charge in [-0.15, -0.1) is 17.7 Å². The van der Waals surface area contributed by atoms with Gasteiger partial charge in [0.1, 0.15) is 5.95 Å². The molecule has 0 aliphatic carbocycles. The summed E-state index contributed by atoms with van der Waals surface area (Å²) < 4.78 is 1.69. The van der Waals surface area contributed by atoms with Gasteiger partial charge in [-0.3, -0.25) is 0 Å². The van der Waals surface area contributed by atoms with Crippen LogP contribution in [0.5, 0.6) is 0 Å². The molecule has 4 nitrogen and oxygen atoms in total. The van der Waals surface area contributed by atoms with Gasteiger partial charge in [-0.05, 0) is 6.92 Å². The SMILES string of the molecule is Cc1cn(-c2n[c-]cc(Cl)n2)cn1.[V+2]. The first-order valence-corrected chi connectivity index (χ1v) is 4.05. The van der Waals surface area contributed by atoms with Crippen LogP contribution in [0.4, 0.5) is 0 Å². The standard InChI is InChI=1S/C8H6ClN4.V/c1-6-4-13(5-11-6)8-10-3-2-7(9)12-8;/h2,4-5H,1H3;/q-1;+2. The average Bonchev–Trinajstić information content (AvgIpc) is 2.52. The van der Waals surface area contributed by atoms with Crippen LogP contribution in [0.1, 0.15) is 5.69 Å². The van der Waals surface area contributed by atoms with Crippen LogP contribution in [-0.2, 0) is 18.6 Å². The minimum absolute atomic E-state index is 0. The molecule has 0 atom stereocenters. The molecule has 0 spiro atoms. The van der Waals surface area contributed by atoms with Crippen LogP contribution in [0, 0.1) is 13.1 Å². The monoisotopic (exact) mass is 244 g/mol. The average molecular weight is 245 g/mol. The second-order valence-corrected chi connectivity index (χ2v) is 2.93. The third-order valence-electron chi connectivity index (χ3n) is 1.50. The molecule has 2 aromatic rings. The number of halogens is 1. The molecule has 0 aliphatic rings. The molecule has 0 aromatic carbocycles. The summed E-state index contributed by atoms with van der Waals surface area (Å²) in [5, 5.41) is 0.372. The Bertz CT molecular complexity index is 429. The first kappa shape index (κ1) is 11.2. The van der Waals surface area contributed by atoms with Crippen LogP contribution >= 0.6 is 11.6 Å². The van der Waals surface area contributed by atoms with Gasteiger partial charge in [0.25, 0.3) is 0 Å². The first-order valence-electron chi connectivity index (χ1n) is 3.67. The van der Waals surface area contributed by atoms with Crippen molar-refractivity contribution < 1.29 is 18.6 Å². The van der Waals surface area contributed by atoms with Crippen molar-refractivity contribution in [2.75, 3.05) is 0 Å². The van der Waals surface area contributed by atoms with Crippen LogP contribution in [0.25, 0.3) is 5.95 Å². The molecule has 14 heavy (non-hydrogen) atoms. The Kier molecular flexibility index (Phi) is 3.69. The topological polar surface area (TPSA) is 43.6 Å². The van der Waals surface area contributed by atoms with Crippen molar-refractivity contribution in [2.45, 2.75) is 6.92 Å². The Balaban J connectivity index is 0.000000980. The second kappa shape index (κ2) is 4.60. The number of aromatic nitrogens is 4. The predicted octanol–water partition coefficient (Wildman–Crippen LogP) is 1.42. The minimum Gasteiger partial charge on any atom is -0.354 e. The number of imidazole rings is 1. The second-order valence-electron chi connectivity index (χ2n) is 2.54. The van der Waals surface area contributed by atoms with E-state index in [1.807, 2.05) is 13.1 Å². The van der Waals surface area contributed by atoms with E-state index in [0.29, 0.717) is 11.1 Å². The molecule has 6 heteroatoms. The molecule has 0 saturated carbocycles. The molecule has 1 radical (unpaired) electrons. The van der Waals surface area contributed by atoms with E-state index in [-0.39, 0.29) is 18.6 Å². The summed E-state index contributed by atoms with van der Waals surface area (Å²) in [6.45, 7) is 1.89. The fourth-order valence-electron chi connectivity index (χ4n) is 0.942. The molecule has 0 unspecified atom stereocenters. The van der Waals surface area contributed by atoms with E-state index in [9.17, 15) is 0 Å². The maximum absolute atomic E-state index is 5.69. The predicted molar refractivity (Wildman–Crippen MR) is 47.7 cm³/mol. The van der Waals surface area contributed by atoms with Gasteiger partial charge in [-0.2, -0.15) is 0 Å². The molecule has 69 valence electrons. The van der Waals surface area contributed by atoms with E-state index in [2.05, 4.69) is 21.1 Å².